The van der Waals surface area contributed by atoms with Crippen molar-refractivity contribution in [1.82, 2.24) is 0 Å². The summed E-state index contributed by atoms with van der Waals surface area (Å²) in [5, 5.41) is 11.2. The molecule has 10 heteroatoms. The van der Waals surface area contributed by atoms with Gasteiger partial charge in [0, 0.05) is 11.6 Å². The standard InChI is InChI=1S/C18H13NO9/c20-13(10-1-2-14-15(5-10)25-4-3-24-14)8-26-18(21)11-6-16-17(28-9-27-16)7-12(11)19(22)23/h1-2,5-7H,3-4,8-9H2. The maximum atomic E-state index is 12.3. The van der Waals surface area contributed by atoms with Crippen LogP contribution >= 0.6 is 0 Å². The van der Waals surface area contributed by atoms with Gasteiger partial charge in [-0.05, 0) is 18.2 Å². The normalized spacial score (nSPS) is 13.7. The van der Waals surface area contributed by atoms with Gasteiger partial charge >= 0.3 is 5.97 Å². The van der Waals surface area contributed by atoms with Crippen LogP contribution in [0.2, 0.25) is 0 Å². The van der Waals surface area contributed by atoms with Gasteiger partial charge in [0.25, 0.3) is 5.69 Å². The van der Waals surface area contributed by atoms with Crippen LogP contribution in [0.3, 0.4) is 0 Å². The third kappa shape index (κ3) is 3.27. The lowest BCUT2D eigenvalue weighted by molar-refractivity contribution is -0.385. The minimum atomic E-state index is -1.02. The molecule has 10 nitrogen and oxygen atoms in total. The molecule has 4 rings (SSSR count). The molecule has 2 aliphatic heterocycles. The van der Waals surface area contributed by atoms with E-state index in [2.05, 4.69) is 0 Å². The maximum absolute atomic E-state index is 12.3. The number of ether oxygens (including phenoxy) is 5. The first-order chi connectivity index (χ1) is 13.5. The molecule has 0 unspecified atom stereocenters. The highest BCUT2D eigenvalue weighted by atomic mass is 16.7. The predicted molar refractivity (Wildman–Crippen MR) is 91.3 cm³/mol. The lowest BCUT2D eigenvalue weighted by Crippen LogP contribution is -2.17. The van der Waals surface area contributed by atoms with E-state index >= 15 is 0 Å². The number of carbonyl (C=O) groups excluding carboxylic acids is 2. The maximum Gasteiger partial charge on any atom is 0.345 e. The third-order valence-electron chi connectivity index (χ3n) is 4.11. The van der Waals surface area contributed by atoms with Crippen molar-refractivity contribution in [1.29, 1.82) is 0 Å². The van der Waals surface area contributed by atoms with Crippen LogP contribution in [0.1, 0.15) is 20.7 Å². The number of esters is 1. The summed E-state index contributed by atoms with van der Waals surface area (Å²) in [6.45, 7) is 0.0945. The van der Waals surface area contributed by atoms with Crippen LogP contribution in [0.4, 0.5) is 5.69 Å². The molecule has 0 aromatic heterocycles. The van der Waals surface area contributed by atoms with Crippen LogP contribution in [0.5, 0.6) is 23.0 Å². The molecule has 0 aliphatic carbocycles. The molecule has 2 aromatic rings. The molecule has 2 heterocycles. The van der Waals surface area contributed by atoms with E-state index in [1.807, 2.05) is 0 Å². The summed E-state index contributed by atoms with van der Waals surface area (Å²) in [4.78, 5) is 35.1. The fourth-order valence-electron chi connectivity index (χ4n) is 2.75. The number of nitro benzene ring substituents is 1. The molecule has 0 atom stereocenters. The van der Waals surface area contributed by atoms with Gasteiger partial charge in [0.15, 0.2) is 35.4 Å². The van der Waals surface area contributed by atoms with Gasteiger partial charge in [-0.15, -0.1) is 0 Å². The summed E-state index contributed by atoms with van der Waals surface area (Å²) in [5.41, 5.74) is -0.567. The highest BCUT2D eigenvalue weighted by molar-refractivity contribution is 6.01. The van der Waals surface area contributed by atoms with Gasteiger partial charge in [-0.2, -0.15) is 0 Å². The Hall–Kier alpha value is -3.82. The zero-order valence-corrected chi connectivity index (χ0v) is 14.3. The molecule has 0 bridgehead atoms. The summed E-state index contributed by atoms with van der Waals surface area (Å²) < 4.78 is 26.0. The predicted octanol–water partition coefficient (Wildman–Crippen LogP) is 2.13. The fourth-order valence-corrected chi connectivity index (χ4v) is 2.75. The Morgan fingerprint density at radius 1 is 0.964 bits per heavy atom. The molecule has 2 aliphatic rings. The molecular formula is C18H13NO9. The number of fused-ring (bicyclic) bond motifs is 2. The van der Waals surface area contributed by atoms with Crippen LogP contribution in [-0.2, 0) is 4.74 Å². The number of nitro groups is 1. The molecule has 0 N–H and O–H groups in total. The number of hydrogen-bond donors (Lipinski definition) is 0. The largest absolute Gasteiger partial charge is 0.486 e. The molecule has 28 heavy (non-hydrogen) atoms. The van der Waals surface area contributed by atoms with E-state index in [1.165, 1.54) is 12.1 Å². The van der Waals surface area contributed by atoms with Crippen LogP contribution in [0.25, 0.3) is 0 Å². The highest BCUT2D eigenvalue weighted by Crippen LogP contribution is 2.38. The molecule has 0 radical (unpaired) electrons. The van der Waals surface area contributed by atoms with Gasteiger partial charge in [-0.25, -0.2) is 4.79 Å². The van der Waals surface area contributed by atoms with E-state index in [0.717, 1.165) is 12.1 Å². The third-order valence-corrected chi connectivity index (χ3v) is 4.11. The molecular weight excluding hydrogens is 374 g/mol. The topological polar surface area (TPSA) is 123 Å². The second kappa shape index (κ2) is 7.06. The molecule has 0 spiro atoms. The second-order valence-corrected chi connectivity index (χ2v) is 5.84. The number of carbonyl (C=O) groups is 2. The summed E-state index contributed by atoms with van der Waals surface area (Å²) in [7, 11) is 0. The Labute approximate surface area is 157 Å². The minimum absolute atomic E-state index is 0.104. The Morgan fingerprint density at radius 2 is 1.64 bits per heavy atom. The van der Waals surface area contributed by atoms with Gasteiger partial charge < -0.3 is 23.7 Å². The van der Waals surface area contributed by atoms with E-state index < -0.39 is 29.0 Å². The van der Waals surface area contributed by atoms with Crippen molar-refractivity contribution >= 4 is 17.4 Å². The number of Topliss-reactive ketones (excluding diaryl/α,β-unsaturated/α-hetero) is 1. The Morgan fingerprint density at radius 3 is 2.39 bits per heavy atom. The van der Waals surface area contributed by atoms with Gasteiger partial charge in [-0.1, -0.05) is 0 Å². The van der Waals surface area contributed by atoms with Crippen molar-refractivity contribution in [3.63, 3.8) is 0 Å². The van der Waals surface area contributed by atoms with E-state index in [1.54, 1.807) is 6.07 Å². The van der Waals surface area contributed by atoms with Crippen molar-refractivity contribution in [3.05, 3.63) is 51.6 Å². The first-order valence-electron chi connectivity index (χ1n) is 8.21. The SMILES string of the molecule is O=C(COC(=O)c1cc2c(cc1[N+](=O)[O-])OCO2)c1ccc2c(c1)OCCO2. The van der Waals surface area contributed by atoms with Crippen molar-refractivity contribution in [2.24, 2.45) is 0 Å². The van der Waals surface area contributed by atoms with Crippen molar-refractivity contribution < 1.29 is 38.2 Å². The monoisotopic (exact) mass is 387 g/mol. The number of ketones is 1. The first kappa shape index (κ1) is 17.6. The van der Waals surface area contributed by atoms with Gasteiger partial charge in [-0.3, -0.25) is 14.9 Å². The minimum Gasteiger partial charge on any atom is -0.486 e. The Bertz CT molecular complexity index is 985. The quantitative estimate of drug-likeness (QED) is 0.328. The van der Waals surface area contributed by atoms with Crippen molar-refractivity contribution in [2.45, 2.75) is 0 Å². The Kier molecular flexibility index (Phi) is 4.44. The molecule has 2 aromatic carbocycles. The fraction of sp³-hybridized carbons (Fsp3) is 0.222. The summed E-state index contributed by atoms with van der Waals surface area (Å²) in [5.74, 6) is -0.207. The highest BCUT2D eigenvalue weighted by Gasteiger charge is 2.28. The number of rotatable bonds is 5. The average molecular weight is 387 g/mol. The summed E-state index contributed by atoms with van der Waals surface area (Å²) in [6, 6.07) is 6.85. The van der Waals surface area contributed by atoms with Gasteiger partial charge in [0.1, 0.15) is 18.8 Å². The van der Waals surface area contributed by atoms with E-state index in [9.17, 15) is 19.7 Å². The van der Waals surface area contributed by atoms with Crippen LogP contribution in [0.15, 0.2) is 30.3 Å². The van der Waals surface area contributed by atoms with E-state index in [0.29, 0.717) is 24.7 Å². The Balaban J connectivity index is 1.49. The smallest absolute Gasteiger partial charge is 0.345 e. The first-order valence-corrected chi connectivity index (χ1v) is 8.21. The van der Waals surface area contributed by atoms with Gasteiger partial charge in [0.05, 0.1) is 11.0 Å². The summed E-state index contributed by atoms with van der Waals surface area (Å²) in [6.07, 6.45) is 0. The van der Waals surface area contributed by atoms with E-state index in [-0.39, 0.29) is 29.4 Å². The number of hydrogen-bond acceptors (Lipinski definition) is 9. The summed E-state index contributed by atoms with van der Waals surface area (Å²) >= 11 is 0. The zero-order valence-electron chi connectivity index (χ0n) is 14.3. The molecule has 144 valence electrons. The van der Waals surface area contributed by atoms with Gasteiger partial charge in [0.2, 0.25) is 6.79 Å². The van der Waals surface area contributed by atoms with Crippen LogP contribution < -0.4 is 18.9 Å². The van der Waals surface area contributed by atoms with Crippen molar-refractivity contribution in [2.75, 3.05) is 26.6 Å². The second-order valence-electron chi connectivity index (χ2n) is 5.84. The lowest BCUT2D eigenvalue weighted by Gasteiger charge is -2.18. The number of benzene rings is 2. The molecule has 0 amide bonds. The lowest BCUT2D eigenvalue weighted by atomic mass is 10.1. The van der Waals surface area contributed by atoms with Crippen LogP contribution in [0, 0.1) is 10.1 Å². The molecule has 0 fully saturated rings. The zero-order chi connectivity index (χ0) is 19.7. The van der Waals surface area contributed by atoms with E-state index in [4.69, 9.17) is 23.7 Å². The van der Waals surface area contributed by atoms with Crippen LogP contribution in [-0.4, -0.2) is 43.3 Å². The average Bonchev–Trinajstić information content (AvgIpc) is 3.18. The molecule has 0 saturated carbocycles. The number of nitrogens with zero attached hydrogens (tertiary/aromatic N) is 1. The van der Waals surface area contributed by atoms with Crippen molar-refractivity contribution in [3.8, 4) is 23.0 Å². The molecule has 0 saturated heterocycles.